The van der Waals surface area contributed by atoms with Crippen LogP contribution in [0.3, 0.4) is 0 Å². The molecule has 0 aromatic heterocycles. The van der Waals surface area contributed by atoms with Crippen LogP contribution in [0.1, 0.15) is 18.5 Å². The maximum atomic E-state index is 13.1. The summed E-state index contributed by atoms with van der Waals surface area (Å²) in [6.45, 7) is 1.95. The number of halogens is 1. The Kier molecular flexibility index (Phi) is 3.82. The van der Waals surface area contributed by atoms with Crippen LogP contribution in [0.2, 0.25) is 0 Å². The van der Waals surface area contributed by atoms with E-state index in [9.17, 15) is 4.39 Å². The van der Waals surface area contributed by atoms with Crippen molar-refractivity contribution in [3.05, 3.63) is 59.9 Å². The molecule has 0 aliphatic heterocycles. The smallest absolute Gasteiger partial charge is 0.124 e. The molecular formula is C14H14FNS. The normalized spacial score (nSPS) is 12.4. The van der Waals surface area contributed by atoms with E-state index < -0.39 is 0 Å². The van der Waals surface area contributed by atoms with E-state index in [-0.39, 0.29) is 11.9 Å². The van der Waals surface area contributed by atoms with Crippen molar-refractivity contribution in [2.45, 2.75) is 22.8 Å². The summed E-state index contributed by atoms with van der Waals surface area (Å²) in [4.78, 5) is 1.96. The van der Waals surface area contributed by atoms with Crippen molar-refractivity contribution in [1.29, 1.82) is 0 Å². The summed E-state index contributed by atoms with van der Waals surface area (Å²) < 4.78 is 13.1. The van der Waals surface area contributed by atoms with Gasteiger partial charge in [0.1, 0.15) is 5.82 Å². The fourth-order valence-corrected chi connectivity index (χ4v) is 2.70. The lowest BCUT2D eigenvalue weighted by molar-refractivity contribution is 0.624. The van der Waals surface area contributed by atoms with E-state index >= 15 is 0 Å². The number of hydrogen-bond acceptors (Lipinski definition) is 2. The highest BCUT2D eigenvalue weighted by atomic mass is 32.2. The Morgan fingerprint density at radius 1 is 1.12 bits per heavy atom. The lowest BCUT2D eigenvalue weighted by Gasteiger charge is -2.11. The first-order valence-electron chi connectivity index (χ1n) is 5.45. The van der Waals surface area contributed by atoms with Crippen LogP contribution in [0.25, 0.3) is 0 Å². The first-order valence-corrected chi connectivity index (χ1v) is 6.26. The standard InChI is InChI=1S/C14H14FNS/c1-10(16)13-7-2-3-8-14(13)17-12-6-4-5-11(15)9-12/h2-10H,16H2,1H3. The average molecular weight is 247 g/mol. The maximum absolute atomic E-state index is 13.1. The zero-order chi connectivity index (χ0) is 12.3. The summed E-state index contributed by atoms with van der Waals surface area (Å²) in [5.41, 5.74) is 7.00. The van der Waals surface area contributed by atoms with Crippen LogP contribution >= 0.6 is 11.8 Å². The largest absolute Gasteiger partial charge is 0.324 e. The fourth-order valence-electron chi connectivity index (χ4n) is 1.61. The minimum Gasteiger partial charge on any atom is -0.324 e. The van der Waals surface area contributed by atoms with Crippen LogP contribution in [-0.2, 0) is 0 Å². The van der Waals surface area contributed by atoms with Crippen molar-refractivity contribution in [2.75, 3.05) is 0 Å². The molecule has 0 spiro atoms. The van der Waals surface area contributed by atoms with Gasteiger partial charge in [0.05, 0.1) is 0 Å². The molecule has 1 unspecified atom stereocenters. The first kappa shape index (κ1) is 12.1. The highest BCUT2D eigenvalue weighted by Gasteiger charge is 2.07. The minimum absolute atomic E-state index is 0.0211. The number of nitrogens with two attached hydrogens (primary N) is 1. The van der Waals surface area contributed by atoms with Crippen LogP contribution in [0.5, 0.6) is 0 Å². The van der Waals surface area contributed by atoms with Gasteiger partial charge in [-0.05, 0) is 36.8 Å². The van der Waals surface area contributed by atoms with Crippen molar-refractivity contribution < 1.29 is 4.39 Å². The van der Waals surface area contributed by atoms with Gasteiger partial charge in [0.25, 0.3) is 0 Å². The summed E-state index contributed by atoms with van der Waals surface area (Å²) >= 11 is 1.54. The topological polar surface area (TPSA) is 26.0 Å². The maximum Gasteiger partial charge on any atom is 0.124 e. The third kappa shape index (κ3) is 3.08. The Balaban J connectivity index is 2.30. The lowest BCUT2D eigenvalue weighted by atomic mass is 10.1. The van der Waals surface area contributed by atoms with Gasteiger partial charge >= 0.3 is 0 Å². The molecule has 2 aromatic rings. The van der Waals surface area contributed by atoms with Crippen LogP contribution in [0.15, 0.2) is 58.3 Å². The van der Waals surface area contributed by atoms with Gasteiger partial charge in [-0.2, -0.15) is 0 Å². The molecule has 17 heavy (non-hydrogen) atoms. The van der Waals surface area contributed by atoms with Gasteiger partial charge < -0.3 is 5.73 Å². The van der Waals surface area contributed by atoms with Gasteiger partial charge in [-0.3, -0.25) is 0 Å². The third-order valence-corrected chi connectivity index (χ3v) is 3.51. The van der Waals surface area contributed by atoms with Crippen molar-refractivity contribution in [1.82, 2.24) is 0 Å². The molecule has 88 valence electrons. The number of benzene rings is 2. The molecule has 0 bridgehead atoms. The van der Waals surface area contributed by atoms with Crippen LogP contribution < -0.4 is 5.73 Å². The summed E-state index contributed by atoms with van der Waals surface area (Å²) in [6, 6.07) is 14.5. The predicted octanol–water partition coefficient (Wildman–Crippen LogP) is 4.00. The number of hydrogen-bond donors (Lipinski definition) is 1. The molecular weight excluding hydrogens is 233 g/mol. The molecule has 1 atom stereocenters. The second-order valence-corrected chi connectivity index (χ2v) is 5.00. The Hall–Kier alpha value is -1.32. The van der Waals surface area contributed by atoms with E-state index in [0.717, 1.165) is 15.4 Å². The molecule has 0 aliphatic rings. The van der Waals surface area contributed by atoms with E-state index in [2.05, 4.69) is 0 Å². The molecule has 0 fully saturated rings. The molecule has 0 aliphatic carbocycles. The van der Waals surface area contributed by atoms with E-state index in [1.807, 2.05) is 37.3 Å². The molecule has 3 heteroatoms. The Morgan fingerprint density at radius 2 is 1.88 bits per heavy atom. The monoisotopic (exact) mass is 247 g/mol. The van der Waals surface area contributed by atoms with Gasteiger partial charge in [-0.1, -0.05) is 36.0 Å². The zero-order valence-electron chi connectivity index (χ0n) is 9.56. The van der Waals surface area contributed by atoms with Crippen LogP contribution in [-0.4, -0.2) is 0 Å². The predicted molar refractivity (Wildman–Crippen MR) is 69.6 cm³/mol. The third-order valence-electron chi connectivity index (χ3n) is 2.43. The van der Waals surface area contributed by atoms with Gasteiger partial charge in [-0.15, -0.1) is 0 Å². The Morgan fingerprint density at radius 3 is 2.59 bits per heavy atom. The van der Waals surface area contributed by atoms with E-state index in [0.29, 0.717) is 0 Å². The van der Waals surface area contributed by atoms with Gasteiger partial charge in [-0.25, -0.2) is 4.39 Å². The van der Waals surface area contributed by atoms with Gasteiger partial charge in [0.2, 0.25) is 0 Å². The molecule has 2 rings (SSSR count). The summed E-state index contributed by atoms with van der Waals surface area (Å²) in [5.74, 6) is -0.215. The first-order chi connectivity index (χ1) is 8.16. The van der Waals surface area contributed by atoms with E-state index in [4.69, 9.17) is 5.73 Å². The highest BCUT2D eigenvalue weighted by Crippen LogP contribution is 2.32. The summed E-state index contributed by atoms with van der Waals surface area (Å²) in [5, 5.41) is 0. The Labute approximate surface area is 105 Å². The summed E-state index contributed by atoms with van der Waals surface area (Å²) in [7, 11) is 0. The highest BCUT2D eigenvalue weighted by molar-refractivity contribution is 7.99. The molecule has 0 saturated carbocycles. The second-order valence-electron chi connectivity index (χ2n) is 3.89. The van der Waals surface area contributed by atoms with Crippen LogP contribution in [0, 0.1) is 5.82 Å². The molecule has 0 amide bonds. The van der Waals surface area contributed by atoms with Gasteiger partial charge in [0, 0.05) is 15.8 Å². The van der Waals surface area contributed by atoms with E-state index in [1.54, 1.807) is 6.07 Å². The zero-order valence-corrected chi connectivity index (χ0v) is 10.4. The van der Waals surface area contributed by atoms with E-state index in [1.165, 1.54) is 23.9 Å². The molecule has 2 N–H and O–H groups in total. The molecule has 0 radical (unpaired) electrons. The molecule has 0 heterocycles. The molecule has 0 saturated heterocycles. The fraction of sp³-hybridized carbons (Fsp3) is 0.143. The second kappa shape index (κ2) is 5.34. The van der Waals surface area contributed by atoms with Gasteiger partial charge in [0.15, 0.2) is 0 Å². The minimum atomic E-state index is -0.215. The van der Waals surface area contributed by atoms with Crippen molar-refractivity contribution in [3.8, 4) is 0 Å². The SMILES string of the molecule is CC(N)c1ccccc1Sc1cccc(F)c1. The molecule has 2 aromatic carbocycles. The van der Waals surface area contributed by atoms with Crippen molar-refractivity contribution >= 4 is 11.8 Å². The summed E-state index contributed by atoms with van der Waals surface area (Å²) in [6.07, 6.45) is 0. The van der Waals surface area contributed by atoms with Crippen molar-refractivity contribution in [2.24, 2.45) is 5.73 Å². The quantitative estimate of drug-likeness (QED) is 0.887. The number of rotatable bonds is 3. The van der Waals surface area contributed by atoms with Crippen LogP contribution in [0.4, 0.5) is 4.39 Å². The lowest BCUT2D eigenvalue weighted by Crippen LogP contribution is -2.05. The molecule has 1 nitrogen and oxygen atoms in total. The Bertz CT molecular complexity index is 511. The van der Waals surface area contributed by atoms with Crippen molar-refractivity contribution in [3.63, 3.8) is 0 Å². The average Bonchev–Trinajstić information content (AvgIpc) is 2.29.